The van der Waals surface area contributed by atoms with E-state index in [2.05, 4.69) is 0 Å². The Hall–Kier alpha value is -4.15. The first kappa shape index (κ1) is 33.4. The van der Waals surface area contributed by atoms with Crippen LogP contribution < -0.4 is 15.3 Å². The first-order valence-electron chi connectivity index (χ1n) is 12.4. The Morgan fingerprint density at radius 3 is 1.00 bits per heavy atom. The molecule has 18 nitrogen and oxygen atoms in total. The fourth-order valence-electron chi connectivity index (χ4n) is 4.94. The second-order valence-electron chi connectivity index (χ2n) is 9.26. The van der Waals surface area contributed by atoms with Gasteiger partial charge in [0.2, 0.25) is 17.7 Å². The molecule has 0 aromatic heterocycles. The van der Waals surface area contributed by atoms with Crippen molar-refractivity contribution in [2.45, 2.75) is 56.1 Å². The number of amides is 3. The molecule has 19 heteroatoms. The van der Waals surface area contributed by atoms with Gasteiger partial charge in [0.25, 0.3) is 0 Å². The predicted molar refractivity (Wildman–Crippen MR) is 127 cm³/mol. The molecule has 6 heterocycles. The quantitative estimate of drug-likeness (QED) is 0.184. The maximum absolute atomic E-state index is 11.0. The van der Waals surface area contributed by atoms with Crippen LogP contribution in [0, 0.1) is 0 Å². The van der Waals surface area contributed by atoms with Crippen molar-refractivity contribution in [1.29, 1.82) is 0 Å². The normalized spacial score (nSPS) is 31.7. The summed E-state index contributed by atoms with van der Waals surface area (Å²) in [6.45, 7) is -0.977. The van der Waals surface area contributed by atoms with Crippen LogP contribution in [0.4, 0.5) is 0 Å². The number of carbonyl (C=O) groups excluding carboxylic acids is 6. The molecule has 6 atom stereocenters. The van der Waals surface area contributed by atoms with Crippen LogP contribution >= 0.6 is 0 Å². The van der Waals surface area contributed by atoms with Gasteiger partial charge in [-0.05, 0) is 18.2 Å². The van der Waals surface area contributed by atoms with Crippen molar-refractivity contribution < 1.29 is 73.6 Å². The number of aliphatic hydroxyl groups is 3. The molecule has 3 amide bonds. The second kappa shape index (κ2) is 13.4. The molecular weight excluding hydrogens is 597 g/mol. The van der Waals surface area contributed by atoms with Crippen LogP contribution in [0.3, 0.4) is 0 Å². The minimum absolute atomic E-state index is 0. The Morgan fingerprint density at radius 1 is 0.605 bits per heavy atom. The maximum Gasteiger partial charge on any atom is 3.00 e. The van der Waals surface area contributed by atoms with Crippen LogP contribution in [-0.2, 0) is 43.0 Å². The number of hydrogen-bond acceptors (Lipinski definition) is 15. The summed E-state index contributed by atoms with van der Waals surface area (Å²) in [7, 11) is 0. The first-order chi connectivity index (χ1) is 19.9. The van der Waals surface area contributed by atoms with Crippen molar-refractivity contribution >= 4 is 53.0 Å². The monoisotopic (exact) mass is 621 g/mol. The third-order valence-corrected chi connectivity index (χ3v) is 6.85. The Labute approximate surface area is 252 Å². The standard InChI is InChI=1S/3C8H9NO5.Al/c3*10-2-1-4-7(8(12)13)9-5(11)3-6(9)14-4;/h3*1,6-7,10H,2-3H2,(H,12,13);/q;;;+3/p-3/b3*4-1-;/t3*6-,7-;/m111./s1. The largest absolute Gasteiger partial charge is 3.00 e. The number of carboxylic acids is 3. The average molecular weight is 621 g/mol. The van der Waals surface area contributed by atoms with E-state index >= 15 is 0 Å². The first-order valence-corrected chi connectivity index (χ1v) is 12.4. The molecular formula is C24H24AlN3O15. The summed E-state index contributed by atoms with van der Waals surface area (Å²) in [4.78, 5) is 68.6. The van der Waals surface area contributed by atoms with E-state index in [1.165, 1.54) is 18.2 Å². The zero-order chi connectivity index (χ0) is 30.9. The molecule has 0 saturated carbocycles. The summed E-state index contributed by atoms with van der Waals surface area (Å²) >= 11 is 0. The van der Waals surface area contributed by atoms with Gasteiger partial charge in [0, 0.05) is 0 Å². The van der Waals surface area contributed by atoms with Gasteiger partial charge in [-0.15, -0.1) is 0 Å². The van der Waals surface area contributed by atoms with Gasteiger partial charge in [-0.25, -0.2) is 0 Å². The summed E-state index contributed by atoms with van der Waals surface area (Å²) in [5.74, 6) is -4.72. The van der Waals surface area contributed by atoms with Gasteiger partial charge in [-0.1, -0.05) is 0 Å². The molecule has 0 bridgehead atoms. The summed E-state index contributed by atoms with van der Waals surface area (Å²) in [6.07, 6.45) is 2.75. The van der Waals surface area contributed by atoms with Crippen molar-refractivity contribution in [3.63, 3.8) is 0 Å². The molecule has 43 heavy (non-hydrogen) atoms. The number of carboxylic acid groups (broad SMARTS) is 3. The number of rotatable bonds is 6. The summed E-state index contributed by atoms with van der Waals surface area (Å²) in [5, 5.41) is 58.0. The van der Waals surface area contributed by atoms with E-state index in [9.17, 15) is 44.1 Å². The molecule has 6 saturated heterocycles. The van der Waals surface area contributed by atoms with Crippen LogP contribution in [0.25, 0.3) is 0 Å². The predicted octanol–water partition coefficient (Wildman–Crippen LogP) is -7.67. The smallest absolute Gasteiger partial charge is 0.547 e. The van der Waals surface area contributed by atoms with E-state index in [1.807, 2.05) is 0 Å². The Balaban J connectivity index is 0.000000175. The van der Waals surface area contributed by atoms with Gasteiger partial charge in [0.1, 0.15) is 35.4 Å². The van der Waals surface area contributed by atoms with Crippen LogP contribution in [0.2, 0.25) is 0 Å². The Kier molecular flexibility index (Phi) is 10.4. The van der Waals surface area contributed by atoms with Crippen LogP contribution in [-0.4, -0.2) is 140 Å². The van der Waals surface area contributed by atoms with Gasteiger partial charge >= 0.3 is 17.4 Å². The van der Waals surface area contributed by atoms with Crippen LogP contribution in [0.15, 0.2) is 35.5 Å². The fourth-order valence-corrected chi connectivity index (χ4v) is 4.94. The molecule has 0 aromatic rings. The minimum atomic E-state index is -1.39. The fraction of sp³-hybridized carbons (Fsp3) is 0.500. The zero-order valence-corrected chi connectivity index (χ0v) is 23.3. The van der Waals surface area contributed by atoms with E-state index in [1.54, 1.807) is 0 Å². The molecule has 0 spiro atoms. The molecule has 0 aromatic carbocycles. The minimum Gasteiger partial charge on any atom is -0.547 e. The SMILES string of the molecule is O=C([O-])[C@H]1/C(=C/CO)O[C@@H]2CC(=O)N21.O=C([O-])[C@H]1/C(=C/CO)O[C@@H]2CC(=O)N21.O=C([O-])[C@H]1/C(=C/CO)O[C@@H]2CC(=O)N21.[Al+3]. The molecule has 6 fully saturated rings. The van der Waals surface area contributed by atoms with E-state index < -0.39 is 54.7 Å². The number of fused-ring (bicyclic) bond motifs is 3. The summed E-state index contributed by atoms with van der Waals surface area (Å²) in [5.41, 5.74) is 0. The molecule has 6 rings (SSSR count). The number of aliphatic hydroxyl groups excluding tert-OH is 3. The van der Waals surface area contributed by atoms with Crippen LogP contribution in [0.1, 0.15) is 19.3 Å². The average Bonchev–Trinajstić information content (AvgIpc) is 3.49. The molecule has 228 valence electrons. The Bertz CT molecular complexity index is 1130. The van der Waals surface area contributed by atoms with E-state index in [0.29, 0.717) is 0 Å². The number of ether oxygens (including phenoxy) is 3. The number of carbonyl (C=O) groups is 6. The topological polar surface area (TPSA) is 270 Å². The number of β-lactam (4-membered cyclic amide) rings is 3. The van der Waals surface area contributed by atoms with Crippen molar-refractivity contribution in [2.24, 2.45) is 0 Å². The van der Waals surface area contributed by atoms with E-state index in [-0.39, 0.29) is 91.4 Å². The maximum atomic E-state index is 11.0. The van der Waals surface area contributed by atoms with Crippen LogP contribution in [0.5, 0.6) is 0 Å². The molecule has 0 aliphatic carbocycles. The molecule has 6 aliphatic rings. The summed E-state index contributed by atoms with van der Waals surface area (Å²) < 4.78 is 15.4. The number of nitrogens with zero attached hydrogens (tertiary/aromatic N) is 3. The summed E-state index contributed by atoms with van der Waals surface area (Å²) in [6, 6.07) is -3.52. The van der Waals surface area contributed by atoms with Gasteiger partial charge in [0.15, 0.2) is 18.7 Å². The Morgan fingerprint density at radius 2 is 0.837 bits per heavy atom. The molecule has 6 aliphatic heterocycles. The third-order valence-electron chi connectivity index (χ3n) is 6.85. The van der Waals surface area contributed by atoms with Crippen molar-refractivity contribution in [3.8, 4) is 0 Å². The number of hydrogen-bond donors (Lipinski definition) is 3. The van der Waals surface area contributed by atoms with Gasteiger partial charge in [-0.2, -0.15) is 0 Å². The van der Waals surface area contributed by atoms with E-state index in [0.717, 1.165) is 14.7 Å². The van der Waals surface area contributed by atoms with Crippen molar-refractivity contribution in [3.05, 3.63) is 35.5 Å². The van der Waals surface area contributed by atoms with E-state index in [4.69, 9.17) is 29.5 Å². The molecule has 0 radical (unpaired) electrons. The number of aliphatic carboxylic acids is 3. The molecule has 0 unspecified atom stereocenters. The van der Waals surface area contributed by atoms with Crippen molar-refractivity contribution in [1.82, 2.24) is 14.7 Å². The zero-order valence-electron chi connectivity index (χ0n) is 22.1. The van der Waals surface area contributed by atoms with Crippen molar-refractivity contribution in [2.75, 3.05) is 19.8 Å². The third kappa shape index (κ3) is 6.16. The van der Waals surface area contributed by atoms with Gasteiger partial charge in [0.05, 0.1) is 57.0 Å². The molecule has 3 N–H and O–H groups in total. The second-order valence-corrected chi connectivity index (χ2v) is 9.26. The van der Waals surface area contributed by atoms with Gasteiger partial charge < -0.3 is 59.2 Å². The van der Waals surface area contributed by atoms with Gasteiger partial charge in [-0.3, -0.25) is 29.1 Å².